The molecule has 1 amide bonds. The van der Waals surface area contributed by atoms with Crippen molar-refractivity contribution in [2.24, 2.45) is 0 Å². The number of ether oxygens (including phenoxy) is 1. The van der Waals surface area contributed by atoms with Gasteiger partial charge in [0.05, 0.1) is 18.8 Å². The molecule has 0 bridgehead atoms. The Labute approximate surface area is 200 Å². The summed E-state index contributed by atoms with van der Waals surface area (Å²) >= 11 is 0. The van der Waals surface area contributed by atoms with Crippen LogP contribution in [-0.4, -0.2) is 54.4 Å². The van der Waals surface area contributed by atoms with Gasteiger partial charge in [-0.3, -0.25) is 14.5 Å². The highest BCUT2D eigenvalue weighted by molar-refractivity contribution is 6.05. The van der Waals surface area contributed by atoms with Crippen molar-refractivity contribution in [3.8, 4) is 0 Å². The fraction of sp³-hybridized carbons (Fsp3) is 0.500. The fourth-order valence-corrected chi connectivity index (χ4v) is 4.94. The molecule has 0 spiro atoms. The Balaban J connectivity index is 1.61. The summed E-state index contributed by atoms with van der Waals surface area (Å²) in [5.74, 6) is -0.281. The molecule has 182 valence electrons. The lowest BCUT2D eigenvalue weighted by atomic mass is 9.99. The van der Waals surface area contributed by atoms with E-state index in [4.69, 9.17) is 10.1 Å². The number of anilines is 1. The smallest absolute Gasteiger partial charge is 0.253 e. The molecule has 1 aliphatic carbocycles. The number of rotatable bonds is 8. The van der Waals surface area contributed by atoms with E-state index in [0.29, 0.717) is 35.9 Å². The molecule has 1 aliphatic heterocycles. The quantitative estimate of drug-likeness (QED) is 0.448. The van der Waals surface area contributed by atoms with E-state index in [1.54, 1.807) is 0 Å². The largest absolute Gasteiger partial charge is 0.382 e. The number of H-pyrrole nitrogens is 1. The van der Waals surface area contributed by atoms with Crippen molar-refractivity contribution in [1.82, 2.24) is 15.2 Å². The lowest BCUT2D eigenvalue weighted by molar-refractivity contribution is 0.0342. The molecule has 1 saturated heterocycles. The van der Waals surface area contributed by atoms with Crippen LogP contribution in [-0.2, 0) is 17.8 Å². The zero-order valence-electron chi connectivity index (χ0n) is 20.1. The van der Waals surface area contributed by atoms with Gasteiger partial charge in [0, 0.05) is 60.9 Å². The molecule has 1 aromatic carbocycles. The maximum atomic E-state index is 13.3. The number of hydrogen-bond donors (Lipinski definition) is 4. The van der Waals surface area contributed by atoms with Crippen LogP contribution in [0.4, 0.5) is 5.69 Å². The Morgan fingerprint density at radius 3 is 2.62 bits per heavy atom. The minimum absolute atomic E-state index is 0.136. The van der Waals surface area contributed by atoms with Gasteiger partial charge >= 0.3 is 0 Å². The Hall–Kier alpha value is -2.97. The minimum atomic E-state index is -0.281. The lowest BCUT2D eigenvalue weighted by Gasteiger charge is -2.27. The highest BCUT2D eigenvalue weighted by atomic mass is 16.5. The lowest BCUT2D eigenvalue weighted by Crippen LogP contribution is -2.36. The predicted octanol–water partition coefficient (Wildman–Crippen LogP) is 3.11. The van der Waals surface area contributed by atoms with E-state index in [1.807, 2.05) is 26.0 Å². The van der Waals surface area contributed by atoms with Crippen molar-refractivity contribution >= 4 is 17.8 Å². The number of aromatic amines is 1. The molecule has 8 nitrogen and oxygen atoms in total. The molecule has 8 heteroatoms. The summed E-state index contributed by atoms with van der Waals surface area (Å²) in [6.45, 7) is 7.70. The number of carbonyl (C=O) groups is 1. The number of benzene rings is 1. The molecule has 0 atom stereocenters. The van der Waals surface area contributed by atoms with Crippen LogP contribution >= 0.6 is 0 Å². The first kappa shape index (κ1) is 24.2. The number of aromatic nitrogens is 1. The van der Waals surface area contributed by atoms with Gasteiger partial charge in [0.15, 0.2) is 0 Å². The molecule has 1 aromatic heterocycles. The number of morpholine rings is 1. The normalized spacial score (nSPS) is 17.0. The van der Waals surface area contributed by atoms with Gasteiger partial charge in [-0.2, -0.15) is 0 Å². The molecule has 2 fully saturated rings. The van der Waals surface area contributed by atoms with Crippen molar-refractivity contribution in [3.05, 3.63) is 62.1 Å². The molecular formula is C26H35N5O3. The molecule has 2 aromatic rings. The van der Waals surface area contributed by atoms with Crippen LogP contribution in [0.5, 0.6) is 0 Å². The van der Waals surface area contributed by atoms with E-state index in [2.05, 4.69) is 26.6 Å². The second-order valence-electron chi connectivity index (χ2n) is 9.39. The maximum absolute atomic E-state index is 13.3. The number of amides is 1. The van der Waals surface area contributed by atoms with E-state index < -0.39 is 0 Å². The monoisotopic (exact) mass is 465 g/mol. The van der Waals surface area contributed by atoms with E-state index >= 15 is 0 Å². The van der Waals surface area contributed by atoms with Crippen molar-refractivity contribution in [2.75, 3.05) is 31.6 Å². The van der Waals surface area contributed by atoms with Crippen molar-refractivity contribution < 1.29 is 9.53 Å². The number of nitrogens with zero attached hydrogens (tertiary/aromatic N) is 1. The summed E-state index contributed by atoms with van der Waals surface area (Å²) in [6.07, 6.45) is 5.85. The highest BCUT2D eigenvalue weighted by Crippen LogP contribution is 2.28. The van der Waals surface area contributed by atoms with E-state index in [-0.39, 0.29) is 18.0 Å². The average Bonchev–Trinajstić information content (AvgIpc) is 3.32. The number of hydrogen-bond acceptors (Lipinski definition) is 6. The zero-order valence-corrected chi connectivity index (χ0v) is 20.1. The first-order chi connectivity index (χ1) is 16.4. The summed E-state index contributed by atoms with van der Waals surface area (Å²) in [7, 11) is 0. The molecular weight excluding hydrogens is 430 g/mol. The first-order valence-corrected chi connectivity index (χ1v) is 12.2. The molecule has 2 heterocycles. The minimum Gasteiger partial charge on any atom is -0.382 e. The third-order valence-corrected chi connectivity index (χ3v) is 6.77. The second kappa shape index (κ2) is 11.0. The van der Waals surface area contributed by atoms with Gasteiger partial charge in [-0.15, -0.1) is 0 Å². The molecule has 0 radical (unpaired) electrons. The summed E-state index contributed by atoms with van der Waals surface area (Å²) in [6, 6.07) is 6.23. The second-order valence-corrected chi connectivity index (χ2v) is 9.39. The molecule has 2 aliphatic rings. The first-order valence-electron chi connectivity index (χ1n) is 12.2. The van der Waals surface area contributed by atoms with Crippen molar-refractivity contribution in [3.63, 3.8) is 0 Å². The fourth-order valence-electron chi connectivity index (χ4n) is 4.94. The number of aryl methyl sites for hydroxylation is 2. The Bertz CT molecular complexity index is 1100. The van der Waals surface area contributed by atoms with Gasteiger partial charge in [0.25, 0.3) is 11.5 Å². The molecule has 4 rings (SSSR count). The van der Waals surface area contributed by atoms with Crippen molar-refractivity contribution in [2.45, 2.75) is 58.7 Å². The Morgan fingerprint density at radius 1 is 1.21 bits per heavy atom. The zero-order chi connectivity index (χ0) is 24.1. The average molecular weight is 466 g/mol. The summed E-state index contributed by atoms with van der Waals surface area (Å²) in [4.78, 5) is 30.8. The predicted molar refractivity (Wildman–Crippen MR) is 134 cm³/mol. The van der Waals surface area contributed by atoms with Crippen LogP contribution in [0.25, 0.3) is 0 Å². The maximum Gasteiger partial charge on any atom is 0.253 e. The van der Waals surface area contributed by atoms with Crippen molar-refractivity contribution in [1.29, 1.82) is 5.41 Å². The van der Waals surface area contributed by atoms with Crippen LogP contribution in [0.15, 0.2) is 23.0 Å². The van der Waals surface area contributed by atoms with Gasteiger partial charge in [0.1, 0.15) is 0 Å². The standard InChI is InChI=1S/C26H35N5O3/c1-17-11-18(2)29-26(33)23(17)15-28-25(32)21-12-19(16-31-7-9-34-10-8-31)13-24(22(21)14-27)30-20-5-3-4-6-20/h11-14,20,27,30H,3-10,15-16H2,1-2H3,(H,28,32)(H,29,33). The van der Waals surface area contributed by atoms with E-state index in [0.717, 1.165) is 55.0 Å². The Morgan fingerprint density at radius 2 is 1.94 bits per heavy atom. The van der Waals surface area contributed by atoms with Gasteiger partial charge in [-0.25, -0.2) is 0 Å². The number of carbonyl (C=O) groups excluding carboxylic acids is 1. The van der Waals surface area contributed by atoms with Crippen LogP contribution in [0.3, 0.4) is 0 Å². The molecule has 4 N–H and O–H groups in total. The van der Waals surface area contributed by atoms with E-state index in [9.17, 15) is 9.59 Å². The van der Waals surface area contributed by atoms with E-state index in [1.165, 1.54) is 19.1 Å². The number of nitrogens with one attached hydrogen (secondary N) is 4. The van der Waals surface area contributed by atoms with Crippen LogP contribution in [0.1, 0.15) is 64.0 Å². The van der Waals surface area contributed by atoms with Gasteiger partial charge in [-0.1, -0.05) is 12.8 Å². The van der Waals surface area contributed by atoms with Gasteiger partial charge < -0.3 is 25.8 Å². The third kappa shape index (κ3) is 5.74. The van der Waals surface area contributed by atoms with Crippen LogP contribution < -0.4 is 16.2 Å². The topological polar surface area (TPSA) is 110 Å². The SMILES string of the molecule is Cc1cc(C)c(CNC(=O)c2cc(CN3CCOCC3)cc(NC3CCCC3)c2C=N)c(=O)[nH]1. The van der Waals surface area contributed by atoms with Gasteiger partial charge in [-0.05, 0) is 56.0 Å². The summed E-state index contributed by atoms with van der Waals surface area (Å²) in [5.41, 5.74) is 4.91. The molecule has 34 heavy (non-hydrogen) atoms. The third-order valence-electron chi connectivity index (χ3n) is 6.77. The molecule has 0 unspecified atom stereocenters. The molecule has 1 saturated carbocycles. The highest BCUT2D eigenvalue weighted by Gasteiger charge is 2.21. The summed E-state index contributed by atoms with van der Waals surface area (Å²) < 4.78 is 5.47. The Kier molecular flexibility index (Phi) is 7.80. The number of pyridine rings is 1. The van der Waals surface area contributed by atoms with Gasteiger partial charge in [0.2, 0.25) is 0 Å². The van der Waals surface area contributed by atoms with Crippen LogP contribution in [0.2, 0.25) is 0 Å². The van der Waals surface area contributed by atoms with Crippen LogP contribution in [0, 0.1) is 19.3 Å². The summed E-state index contributed by atoms with van der Waals surface area (Å²) in [5, 5.41) is 14.6.